The summed E-state index contributed by atoms with van der Waals surface area (Å²) in [6.45, 7) is 4.01. The Morgan fingerprint density at radius 2 is 1.91 bits per heavy atom. The van der Waals surface area contributed by atoms with Crippen LogP contribution in [0.2, 0.25) is 0 Å². The summed E-state index contributed by atoms with van der Waals surface area (Å²) in [6.07, 6.45) is 0.124. The summed E-state index contributed by atoms with van der Waals surface area (Å²) in [5, 5.41) is 3.73. The summed E-state index contributed by atoms with van der Waals surface area (Å²) in [7, 11) is 2.91. The SMILES string of the molecule is CCC(C)C(NC(=O)OCc1ccccc1)C(=O)N(C)OC. The molecule has 2 unspecified atom stereocenters. The molecule has 2 atom stereocenters. The van der Waals surface area contributed by atoms with Crippen LogP contribution in [-0.4, -0.2) is 37.3 Å². The first-order valence-corrected chi connectivity index (χ1v) is 7.28. The maximum Gasteiger partial charge on any atom is 0.408 e. The molecule has 0 bridgehead atoms. The van der Waals surface area contributed by atoms with E-state index in [-0.39, 0.29) is 18.4 Å². The highest BCUT2D eigenvalue weighted by atomic mass is 16.7. The van der Waals surface area contributed by atoms with Gasteiger partial charge in [0, 0.05) is 7.05 Å². The molecule has 122 valence electrons. The molecule has 0 saturated carbocycles. The number of rotatable bonds is 7. The van der Waals surface area contributed by atoms with E-state index in [1.54, 1.807) is 0 Å². The Hall–Kier alpha value is -2.08. The quantitative estimate of drug-likeness (QED) is 0.785. The molecule has 22 heavy (non-hydrogen) atoms. The van der Waals surface area contributed by atoms with Crippen molar-refractivity contribution in [2.75, 3.05) is 14.2 Å². The van der Waals surface area contributed by atoms with Crippen LogP contribution in [0.4, 0.5) is 4.79 Å². The van der Waals surface area contributed by atoms with E-state index in [4.69, 9.17) is 9.57 Å². The average molecular weight is 308 g/mol. The van der Waals surface area contributed by atoms with Crippen molar-refractivity contribution in [3.8, 4) is 0 Å². The smallest absolute Gasteiger partial charge is 0.408 e. The molecule has 2 amide bonds. The topological polar surface area (TPSA) is 67.9 Å². The van der Waals surface area contributed by atoms with Crippen LogP contribution < -0.4 is 5.32 Å². The maximum absolute atomic E-state index is 12.2. The minimum Gasteiger partial charge on any atom is -0.445 e. The molecule has 0 radical (unpaired) electrons. The number of carbonyl (C=O) groups is 2. The summed E-state index contributed by atoms with van der Waals surface area (Å²) in [5.74, 6) is -0.345. The number of likely N-dealkylation sites (N-methyl/N-ethyl adjacent to an activating group) is 1. The number of hydrogen-bond donors (Lipinski definition) is 1. The molecule has 0 heterocycles. The van der Waals surface area contributed by atoms with Crippen LogP contribution in [0.1, 0.15) is 25.8 Å². The molecule has 1 N–H and O–H groups in total. The predicted molar refractivity (Wildman–Crippen MR) is 82.8 cm³/mol. The van der Waals surface area contributed by atoms with Crippen molar-refractivity contribution in [2.24, 2.45) is 5.92 Å². The predicted octanol–water partition coefficient (Wildman–Crippen LogP) is 2.35. The van der Waals surface area contributed by atoms with E-state index in [2.05, 4.69) is 5.32 Å². The lowest BCUT2D eigenvalue weighted by molar-refractivity contribution is -0.172. The lowest BCUT2D eigenvalue weighted by atomic mass is 9.98. The van der Waals surface area contributed by atoms with E-state index in [0.717, 1.165) is 17.0 Å². The molecule has 6 heteroatoms. The van der Waals surface area contributed by atoms with Gasteiger partial charge in [-0.05, 0) is 11.5 Å². The molecule has 0 spiro atoms. The fourth-order valence-electron chi connectivity index (χ4n) is 1.86. The summed E-state index contributed by atoms with van der Waals surface area (Å²) < 4.78 is 5.16. The van der Waals surface area contributed by atoms with Crippen LogP contribution in [0.25, 0.3) is 0 Å². The Bertz CT molecular complexity index is 478. The molecule has 1 aromatic carbocycles. The third kappa shape index (κ3) is 5.37. The number of ether oxygens (including phenoxy) is 1. The Morgan fingerprint density at radius 1 is 1.27 bits per heavy atom. The first-order valence-electron chi connectivity index (χ1n) is 7.28. The van der Waals surface area contributed by atoms with Gasteiger partial charge in [0.2, 0.25) is 0 Å². The minimum absolute atomic E-state index is 0.0330. The van der Waals surface area contributed by atoms with Crippen molar-refractivity contribution >= 4 is 12.0 Å². The number of benzene rings is 1. The van der Waals surface area contributed by atoms with Crippen LogP contribution in [0.3, 0.4) is 0 Å². The van der Waals surface area contributed by atoms with Gasteiger partial charge in [0.1, 0.15) is 12.6 Å². The fraction of sp³-hybridized carbons (Fsp3) is 0.500. The van der Waals surface area contributed by atoms with Crippen LogP contribution >= 0.6 is 0 Å². The normalized spacial score (nSPS) is 13.1. The van der Waals surface area contributed by atoms with Gasteiger partial charge in [0.05, 0.1) is 7.11 Å². The Balaban J connectivity index is 2.61. The second-order valence-electron chi connectivity index (χ2n) is 5.09. The van der Waals surface area contributed by atoms with Gasteiger partial charge in [-0.3, -0.25) is 9.63 Å². The molecule has 1 aromatic rings. The molecule has 0 aliphatic rings. The first kappa shape index (κ1) is 18.0. The Kier molecular flexibility index (Phi) is 7.39. The molecule has 0 aromatic heterocycles. The van der Waals surface area contributed by atoms with Gasteiger partial charge in [0.25, 0.3) is 5.91 Å². The van der Waals surface area contributed by atoms with E-state index in [0.29, 0.717) is 0 Å². The molecular weight excluding hydrogens is 284 g/mol. The van der Waals surface area contributed by atoms with Crippen molar-refractivity contribution in [1.29, 1.82) is 0 Å². The van der Waals surface area contributed by atoms with E-state index >= 15 is 0 Å². The summed E-state index contributed by atoms with van der Waals surface area (Å²) in [6, 6.07) is 8.68. The second kappa shape index (κ2) is 9.04. The largest absolute Gasteiger partial charge is 0.445 e. The van der Waals surface area contributed by atoms with Crippen molar-refractivity contribution in [3.63, 3.8) is 0 Å². The number of hydrogen-bond acceptors (Lipinski definition) is 4. The average Bonchev–Trinajstić information content (AvgIpc) is 2.56. The number of alkyl carbamates (subject to hydrolysis) is 1. The number of nitrogens with zero attached hydrogens (tertiary/aromatic N) is 1. The Labute approximate surface area is 131 Å². The molecule has 0 aliphatic heterocycles. The van der Waals surface area contributed by atoms with E-state index < -0.39 is 12.1 Å². The van der Waals surface area contributed by atoms with Gasteiger partial charge in [-0.2, -0.15) is 0 Å². The number of amides is 2. The highest BCUT2D eigenvalue weighted by molar-refractivity contribution is 5.85. The zero-order valence-electron chi connectivity index (χ0n) is 13.5. The maximum atomic E-state index is 12.2. The molecular formula is C16H24N2O4. The zero-order valence-corrected chi connectivity index (χ0v) is 13.5. The lowest BCUT2D eigenvalue weighted by Crippen LogP contribution is -2.50. The lowest BCUT2D eigenvalue weighted by Gasteiger charge is -2.26. The molecule has 0 saturated heterocycles. The van der Waals surface area contributed by atoms with Crippen LogP contribution in [0.15, 0.2) is 30.3 Å². The van der Waals surface area contributed by atoms with Crippen LogP contribution in [0.5, 0.6) is 0 Å². The van der Waals surface area contributed by atoms with Gasteiger partial charge in [0.15, 0.2) is 0 Å². The Morgan fingerprint density at radius 3 is 2.45 bits per heavy atom. The summed E-state index contributed by atoms with van der Waals surface area (Å²) in [4.78, 5) is 29.0. The second-order valence-corrected chi connectivity index (χ2v) is 5.09. The fourth-order valence-corrected chi connectivity index (χ4v) is 1.86. The molecule has 0 aliphatic carbocycles. The molecule has 0 fully saturated rings. The van der Waals surface area contributed by atoms with Crippen molar-refractivity contribution in [1.82, 2.24) is 10.4 Å². The third-order valence-electron chi connectivity index (χ3n) is 3.55. The zero-order chi connectivity index (χ0) is 16.5. The van der Waals surface area contributed by atoms with Crippen molar-refractivity contribution in [2.45, 2.75) is 32.9 Å². The first-order chi connectivity index (χ1) is 10.5. The molecule has 1 rings (SSSR count). The monoisotopic (exact) mass is 308 g/mol. The van der Waals surface area contributed by atoms with E-state index in [1.807, 2.05) is 44.2 Å². The van der Waals surface area contributed by atoms with Gasteiger partial charge >= 0.3 is 6.09 Å². The van der Waals surface area contributed by atoms with Crippen LogP contribution in [0, 0.1) is 5.92 Å². The summed E-state index contributed by atoms with van der Waals surface area (Å²) in [5.41, 5.74) is 0.887. The standard InChI is InChI=1S/C16H24N2O4/c1-5-12(2)14(15(19)18(3)21-4)17-16(20)22-11-13-9-7-6-8-10-13/h6-10,12,14H,5,11H2,1-4H3,(H,17,20). The third-order valence-corrected chi connectivity index (χ3v) is 3.55. The summed E-state index contributed by atoms with van der Waals surface area (Å²) >= 11 is 0. The van der Waals surface area contributed by atoms with E-state index in [9.17, 15) is 9.59 Å². The highest BCUT2D eigenvalue weighted by Gasteiger charge is 2.29. The van der Waals surface area contributed by atoms with Crippen molar-refractivity contribution < 1.29 is 19.2 Å². The van der Waals surface area contributed by atoms with Gasteiger partial charge < -0.3 is 10.1 Å². The van der Waals surface area contributed by atoms with Gasteiger partial charge in [-0.15, -0.1) is 0 Å². The number of hydroxylamine groups is 2. The van der Waals surface area contributed by atoms with Crippen LogP contribution in [-0.2, 0) is 21.0 Å². The number of carbonyl (C=O) groups excluding carboxylic acids is 2. The number of nitrogens with one attached hydrogen (secondary N) is 1. The van der Waals surface area contributed by atoms with E-state index in [1.165, 1.54) is 14.2 Å². The van der Waals surface area contributed by atoms with Crippen molar-refractivity contribution in [3.05, 3.63) is 35.9 Å². The highest BCUT2D eigenvalue weighted by Crippen LogP contribution is 2.11. The molecule has 6 nitrogen and oxygen atoms in total. The van der Waals surface area contributed by atoms with Gasteiger partial charge in [-0.1, -0.05) is 50.6 Å². The minimum atomic E-state index is -0.682. The van der Waals surface area contributed by atoms with Gasteiger partial charge in [-0.25, -0.2) is 9.86 Å².